The lowest BCUT2D eigenvalue weighted by molar-refractivity contribution is 0.0320. The summed E-state index contributed by atoms with van der Waals surface area (Å²) < 4.78 is 38.5. The summed E-state index contributed by atoms with van der Waals surface area (Å²) in [5.41, 5.74) is 2.38. The fourth-order valence-corrected chi connectivity index (χ4v) is 3.85. The van der Waals surface area contributed by atoms with Gasteiger partial charge in [-0.1, -0.05) is 6.07 Å². The number of aromatic nitrogens is 1. The third-order valence-electron chi connectivity index (χ3n) is 4.54. The van der Waals surface area contributed by atoms with E-state index in [0.29, 0.717) is 18.2 Å². The molecule has 0 radical (unpaired) electrons. The molecule has 1 aliphatic heterocycles. The molecular formula is C19H25N3O4S. The molecule has 1 aromatic heterocycles. The van der Waals surface area contributed by atoms with Crippen molar-refractivity contribution in [2.75, 3.05) is 44.2 Å². The van der Waals surface area contributed by atoms with E-state index in [9.17, 15) is 8.42 Å². The van der Waals surface area contributed by atoms with Crippen molar-refractivity contribution in [2.24, 2.45) is 0 Å². The maximum absolute atomic E-state index is 12.5. The first-order valence-electron chi connectivity index (χ1n) is 8.93. The SMILES string of the molecule is Cc1ccc(S(=O)(=O)Nc2ccc(OCCN3CCOCC3)nc2)cc1C. The van der Waals surface area contributed by atoms with Crippen LogP contribution in [-0.4, -0.2) is 57.8 Å². The number of ether oxygens (including phenoxy) is 2. The van der Waals surface area contributed by atoms with E-state index in [2.05, 4.69) is 14.6 Å². The van der Waals surface area contributed by atoms with Crippen LogP contribution in [0.3, 0.4) is 0 Å². The predicted molar refractivity (Wildman–Crippen MR) is 104 cm³/mol. The standard InChI is InChI=1S/C19H25N3O4S/c1-15-3-5-18(13-16(15)2)27(23,24)21-17-4-6-19(20-14-17)26-12-9-22-7-10-25-11-8-22/h3-6,13-14,21H,7-12H2,1-2H3. The normalized spacial score (nSPS) is 15.5. The molecule has 0 amide bonds. The zero-order valence-corrected chi connectivity index (χ0v) is 16.5. The number of aryl methyl sites for hydroxylation is 2. The second kappa shape index (κ2) is 8.69. The van der Waals surface area contributed by atoms with E-state index in [4.69, 9.17) is 9.47 Å². The summed E-state index contributed by atoms with van der Waals surface area (Å²) in [4.78, 5) is 6.68. The minimum absolute atomic E-state index is 0.233. The third kappa shape index (κ3) is 5.41. The molecule has 0 saturated carbocycles. The highest BCUT2D eigenvalue weighted by Gasteiger charge is 2.15. The number of sulfonamides is 1. The summed E-state index contributed by atoms with van der Waals surface area (Å²) in [5.74, 6) is 0.470. The Kier molecular flexibility index (Phi) is 6.30. The summed E-state index contributed by atoms with van der Waals surface area (Å²) >= 11 is 0. The lowest BCUT2D eigenvalue weighted by Crippen LogP contribution is -2.38. The van der Waals surface area contributed by atoms with Gasteiger partial charge < -0.3 is 9.47 Å². The highest BCUT2D eigenvalue weighted by molar-refractivity contribution is 7.92. The van der Waals surface area contributed by atoms with Gasteiger partial charge in [0, 0.05) is 25.7 Å². The van der Waals surface area contributed by atoms with Gasteiger partial charge in [-0.05, 0) is 43.2 Å². The second-order valence-electron chi connectivity index (χ2n) is 6.54. The molecule has 1 aromatic carbocycles. The van der Waals surface area contributed by atoms with Crippen LogP contribution in [0.25, 0.3) is 0 Å². The van der Waals surface area contributed by atoms with Crippen molar-refractivity contribution in [1.82, 2.24) is 9.88 Å². The van der Waals surface area contributed by atoms with Crippen LogP contribution in [0.4, 0.5) is 5.69 Å². The Balaban J connectivity index is 1.55. The van der Waals surface area contributed by atoms with Gasteiger partial charge in [0.1, 0.15) is 6.61 Å². The molecule has 3 rings (SSSR count). The topological polar surface area (TPSA) is 80.8 Å². The number of morpholine rings is 1. The van der Waals surface area contributed by atoms with Crippen LogP contribution < -0.4 is 9.46 Å². The van der Waals surface area contributed by atoms with Gasteiger partial charge in [0.15, 0.2) is 0 Å². The molecule has 1 saturated heterocycles. The molecule has 2 aromatic rings. The lowest BCUT2D eigenvalue weighted by Gasteiger charge is -2.26. The van der Waals surface area contributed by atoms with Gasteiger partial charge in [-0.15, -0.1) is 0 Å². The first kappa shape index (κ1) is 19.6. The maximum Gasteiger partial charge on any atom is 0.261 e. The first-order chi connectivity index (χ1) is 12.9. The molecule has 2 heterocycles. The van der Waals surface area contributed by atoms with Crippen molar-refractivity contribution in [3.05, 3.63) is 47.7 Å². The number of nitrogens with zero attached hydrogens (tertiary/aromatic N) is 2. The van der Waals surface area contributed by atoms with E-state index < -0.39 is 10.0 Å². The Morgan fingerprint density at radius 3 is 2.59 bits per heavy atom. The van der Waals surface area contributed by atoms with E-state index in [1.54, 1.807) is 30.3 Å². The van der Waals surface area contributed by atoms with Crippen molar-refractivity contribution >= 4 is 15.7 Å². The molecule has 1 N–H and O–H groups in total. The number of nitrogens with one attached hydrogen (secondary N) is 1. The highest BCUT2D eigenvalue weighted by Crippen LogP contribution is 2.19. The van der Waals surface area contributed by atoms with Crippen LogP contribution >= 0.6 is 0 Å². The zero-order valence-electron chi connectivity index (χ0n) is 15.6. The lowest BCUT2D eigenvalue weighted by atomic mass is 10.1. The molecule has 1 fully saturated rings. The summed E-state index contributed by atoms with van der Waals surface area (Å²) in [5, 5.41) is 0. The molecule has 146 valence electrons. The van der Waals surface area contributed by atoms with Crippen molar-refractivity contribution in [2.45, 2.75) is 18.7 Å². The molecule has 27 heavy (non-hydrogen) atoms. The Labute approximate surface area is 160 Å². The molecule has 0 unspecified atom stereocenters. The summed E-state index contributed by atoms with van der Waals surface area (Å²) in [7, 11) is -3.65. The van der Waals surface area contributed by atoms with Crippen molar-refractivity contribution in [3.8, 4) is 5.88 Å². The molecule has 0 aliphatic carbocycles. The van der Waals surface area contributed by atoms with Gasteiger partial charge in [-0.3, -0.25) is 9.62 Å². The Morgan fingerprint density at radius 2 is 1.93 bits per heavy atom. The highest BCUT2D eigenvalue weighted by atomic mass is 32.2. The number of pyridine rings is 1. The van der Waals surface area contributed by atoms with E-state index >= 15 is 0 Å². The van der Waals surface area contributed by atoms with Gasteiger partial charge >= 0.3 is 0 Å². The average molecular weight is 391 g/mol. The van der Waals surface area contributed by atoms with Crippen LogP contribution in [0.2, 0.25) is 0 Å². The molecule has 7 nitrogen and oxygen atoms in total. The van der Waals surface area contributed by atoms with Crippen LogP contribution in [0.1, 0.15) is 11.1 Å². The first-order valence-corrected chi connectivity index (χ1v) is 10.4. The Morgan fingerprint density at radius 1 is 1.15 bits per heavy atom. The Hall–Kier alpha value is -2.16. The molecule has 0 atom stereocenters. The average Bonchev–Trinajstić information content (AvgIpc) is 2.66. The minimum Gasteiger partial charge on any atom is -0.476 e. The van der Waals surface area contributed by atoms with Crippen LogP contribution in [-0.2, 0) is 14.8 Å². The quantitative estimate of drug-likeness (QED) is 0.779. The fourth-order valence-electron chi connectivity index (χ4n) is 2.73. The summed E-state index contributed by atoms with van der Waals surface area (Å²) in [6.45, 7) is 8.51. The van der Waals surface area contributed by atoms with Gasteiger partial charge in [0.05, 0.1) is 30.0 Å². The van der Waals surface area contributed by atoms with Crippen LogP contribution in [0.15, 0.2) is 41.4 Å². The van der Waals surface area contributed by atoms with Gasteiger partial charge in [0.25, 0.3) is 10.0 Å². The molecule has 0 spiro atoms. The van der Waals surface area contributed by atoms with E-state index in [1.807, 2.05) is 13.8 Å². The Bertz CT molecular complexity index is 863. The molecule has 1 aliphatic rings. The van der Waals surface area contributed by atoms with E-state index in [-0.39, 0.29) is 4.90 Å². The van der Waals surface area contributed by atoms with Crippen molar-refractivity contribution < 1.29 is 17.9 Å². The smallest absolute Gasteiger partial charge is 0.261 e. The van der Waals surface area contributed by atoms with E-state index in [1.165, 1.54) is 6.20 Å². The number of hydrogen-bond donors (Lipinski definition) is 1. The zero-order chi connectivity index (χ0) is 19.3. The number of rotatable bonds is 7. The monoisotopic (exact) mass is 391 g/mol. The summed E-state index contributed by atoms with van der Waals surface area (Å²) in [6, 6.07) is 8.37. The third-order valence-corrected chi connectivity index (χ3v) is 5.92. The number of anilines is 1. The maximum atomic E-state index is 12.5. The van der Waals surface area contributed by atoms with Crippen molar-refractivity contribution in [3.63, 3.8) is 0 Å². The molecular weight excluding hydrogens is 366 g/mol. The van der Waals surface area contributed by atoms with Crippen LogP contribution in [0.5, 0.6) is 5.88 Å². The minimum atomic E-state index is -3.65. The fraction of sp³-hybridized carbons (Fsp3) is 0.421. The second-order valence-corrected chi connectivity index (χ2v) is 8.22. The number of benzene rings is 1. The molecule has 0 bridgehead atoms. The number of hydrogen-bond acceptors (Lipinski definition) is 6. The largest absolute Gasteiger partial charge is 0.476 e. The van der Waals surface area contributed by atoms with Gasteiger partial charge in [0.2, 0.25) is 5.88 Å². The summed E-state index contributed by atoms with van der Waals surface area (Å²) in [6.07, 6.45) is 1.46. The van der Waals surface area contributed by atoms with Gasteiger partial charge in [-0.25, -0.2) is 13.4 Å². The van der Waals surface area contributed by atoms with Crippen molar-refractivity contribution in [1.29, 1.82) is 0 Å². The van der Waals surface area contributed by atoms with Gasteiger partial charge in [-0.2, -0.15) is 0 Å². The van der Waals surface area contributed by atoms with E-state index in [0.717, 1.165) is 44.0 Å². The predicted octanol–water partition coefficient (Wildman–Crippen LogP) is 2.21. The molecule has 8 heteroatoms. The van der Waals surface area contributed by atoms with Crippen LogP contribution in [0, 0.1) is 13.8 Å².